The Morgan fingerprint density at radius 3 is 2.12 bits per heavy atom. The van der Waals surface area contributed by atoms with Crippen molar-refractivity contribution in [1.82, 2.24) is 5.32 Å². The van der Waals surface area contributed by atoms with Crippen LogP contribution in [-0.2, 0) is 14.3 Å². The van der Waals surface area contributed by atoms with Crippen molar-refractivity contribution in [3.8, 4) is 0 Å². The Bertz CT molecular complexity index is 219. The van der Waals surface area contributed by atoms with Crippen LogP contribution >= 0.6 is 0 Å². The number of carbonyl (C=O) groups excluding carboxylic acids is 1. The summed E-state index contributed by atoms with van der Waals surface area (Å²) in [6.45, 7) is 12.8. The Morgan fingerprint density at radius 1 is 1.12 bits per heavy atom. The van der Waals surface area contributed by atoms with Gasteiger partial charge in [-0.1, -0.05) is 0 Å². The van der Waals surface area contributed by atoms with Gasteiger partial charge in [-0.25, -0.2) is 0 Å². The molecule has 96 valence electrons. The molecule has 0 aromatic rings. The van der Waals surface area contributed by atoms with E-state index in [0.717, 1.165) is 0 Å². The highest BCUT2D eigenvalue weighted by Crippen LogP contribution is 2.08. The highest BCUT2D eigenvalue weighted by Gasteiger charge is 2.19. The molecule has 0 aliphatic rings. The number of hydrogen-bond acceptors (Lipinski definition) is 3. The molecule has 0 saturated heterocycles. The summed E-state index contributed by atoms with van der Waals surface area (Å²) in [7, 11) is 0. The number of amides is 1. The average Bonchev–Trinajstić information content (AvgIpc) is 2.10. The van der Waals surface area contributed by atoms with Gasteiger partial charge in [0, 0.05) is 13.2 Å². The molecule has 0 fully saturated rings. The molecule has 0 rings (SSSR count). The van der Waals surface area contributed by atoms with Gasteiger partial charge in [0.05, 0.1) is 11.2 Å². The van der Waals surface area contributed by atoms with Gasteiger partial charge in [0.2, 0.25) is 5.91 Å². The van der Waals surface area contributed by atoms with E-state index in [1.165, 1.54) is 0 Å². The molecular weight excluding hydrogens is 206 g/mol. The SMILES string of the molecule is CCOC(C)(C)CNC(=O)COC(C)(C)C. The first-order chi connectivity index (χ1) is 7.16. The van der Waals surface area contributed by atoms with E-state index in [1.54, 1.807) is 0 Å². The molecule has 0 bridgehead atoms. The summed E-state index contributed by atoms with van der Waals surface area (Å²) in [5.41, 5.74) is -0.612. The zero-order chi connectivity index (χ0) is 12.8. The Labute approximate surface area is 98.7 Å². The van der Waals surface area contributed by atoms with Gasteiger partial charge in [0.15, 0.2) is 0 Å². The minimum absolute atomic E-state index is 0.0890. The molecule has 0 spiro atoms. The van der Waals surface area contributed by atoms with E-state index in [2.05, 4.69) is 5.32 Å². The molecule has 0 aromatic heterocycles. The molecule has 0 radical (unpaired) electrons. The van der Waals surface area contributed by atoms with Gasteiger partial charge in [-0.15, -0.1) is 0 Å². The van der Waals surface area contributed by atoms with Gasteiger partial charge in [-0.3, -0.25) is 4.79 Å². The molecule has 0 heterocycles. The third kappa shape index (κ3) is 8.68. The molecule has 1 N–H and O–H groups in total. The third-order valence-electron chi connectivity index (χ3n) is 1.88. The van der Waals surface area contributed by atoms with E-state index >= 15 is 0 Å². The van der Waals surface area contributed by atoms with Crippen LogP contribution in [0.25, 0.3) is 0 Å². The largest absolute Gasteiger partial charge is 0.374 e. The zero-order valence-corrected chi connectivity index (χ0v) is 11.3. The van der Waals surface area contributed by atoms with Crippen LogP contribution in [0.15, 0.2) is 0 Å². The minimum Gasteiger partial charge on any atom is -0.374 e. The van der Waals surface area contributed by atoms with Crippen molar-refractivity contribution in [2.24, 2.45) is 0 Å². The predicted molar refractivity (Wildman–Crippen MR) is 64.4 cm³/mol. The monoisotopic (exact) mass is 231 g/mol. The number of nitrogens with one attached hydrogen (secondary N) is 1. The van der Waals surface area contributed by atoms with Crippen molar-refractivity contribution < 1.29 is 14.3 Å². The maximum absolute atomic E-state index is 11.4. The molecular formula is C12H25NO3. The van der Waals surface area contributed by atoms with Gasteiger partial charge in [0.25, 0.3) is 0 Å². The molecule has 16 heavy (non-hydrogen) atoms. The van der Waals surface area contributed by atoms with Gasteiger partial charge in [-0.2, -0.15) is 0 Å². The Balaban J connectivity index is 3.81. The van der Waals surface area contributed by atoms with Crippen LogP contribution < -0.4 is 5.32 Å². The average molecular weight is 231 g/mol. The predicted octanol–water partition coefficient (Wildman–Crippen LogP) is 1.73. The van der Waals surface area contributed by atoms with E-state index in [4.69, 9.17) is 9.47 Å². The van der Waals surface area contributed by atoms with Crippen LogP contribution in [-0.4, -0.2) is 36.9 Å². The fourth-order valence-electron chi connectivity index (χ4n) is 1.09. The summed E-state index contributed by atoms with van der Waals surface area (Å²) < 4.78 is 10.8. The molecule has 0 aliphatic carbocycles. The van der Waals surface area contributed by atoms with Crippen molar-refractivity contribution in [2.45, 2.75) is 52.7 Å². The number of carbonyl (C=O) groups is 1. The van der Waals surface area contributed by atoms with Crippen molar-refractivity contribution in [1.29, 1.82) is 0 Å². The molecule has 0 atom stereocenters. The van der Waals surface area contributed by atoms with Gasteiger partial charge < -0.3 is 14.8 Å². The van der Waals surface area contributed by atoms with E-state index in [1.807, 2.05) is 41.5 Å². The highest BCUT2D eigenvalue weighted by molar-refractivity contribution is 5.77. The van der Waals surface area contributed by atoms with Crippen LogP contribution in [0, 0.1) is 0 Å². The molecule has 0 unspecified atom stereocenters. The van der Waals surface area contributed by atoms with Crippen LogP contribution in [0.4, 0.5) is 0 Å². The first-order valence-electron chi connectivity index (χ1n) is 5.71. The Morgan fingerprint density at radius 2 is 1.69 bits per heavy atom. The second-order valence-electron chi connectivity index (χ2n) is 5.37. The normalized spacial score (nSPS) is 12.6. The van der Waals surface area contributed by atoms with Gasteiger partial charge >= 0.3 is 0 Å². The Hall–Kier alpha value is -0.610. The summed E-state index contributed by atoms with van der Waals surface area (Å²) in [4.78, 5) is 11.4. The van der Waals surface area contributed by atoms with Crippen molar-refractivity contribution >= 4 is 5.91 Å². The first-order valence-corrected chi connectivity index (χ1v) is 5.71. The summed E-state index contributed by atoms with van der Waals surface area (Å²) in [5.74, 6) is -0.109. The van der Waals surface area contributed by atoms with E-state index in [9.17, 15) is 4.79 Å². The first kappa shape index (κ1) is 15.4. The lowest BCUT2D eigenvalue weighted by Gasteiger charge is -2.25. The van der Waals surface area contributed by atoms with Crippen molar-refractivity contribution in [3.63, 3.8) is 0 Å². The summed E-state index contributed by atoms with van der Waals surface area (Å²) in [6.07, 6.45) is 0. The van der Waals surface area contributed by atoms with Crippen molar-refractivity contribution in [3.05, 3.63) is 0 Å². The minimum atomic E-state index is -0.327. The Kier molecular flexibility index (Phi) is 5.97. The molecule has 1 amide bonds. The van der Waals surface area contributed by atoms with Crippen LogP contribution in [0.3, 0.4) is 0 Å². The zero-order valence-electron chi connectivity index (χ0n) is 11.3. The lowest BCUT2D eigenvalue weighted by atomic mass is 10.1. The summed E-state index contributed by atoms with van der Waals surface area (Å²) in [5, 5.41) is 2.79. The second-order valence-corrected chi connectivity index (χ2v) is 5.37. The van der Waals surface area contributed by atoms with Gasteiger partial charge in [0.1, 0.15) is 6.61 Å². The standard InChI is InChI=1S/C12H25NO3/c1-7-15-12(5,6)9-13-10(14)8-16-11(2,3)4/h7-9H2,1-6H3,(H,13,14). The number of hydrogen-bond donors (Lipinski definition) is 1. The number of rotatable bonds is 6. The fourth-order valence-corrected chi connectivity index (χ4v) is 1.09. The van der Waals surface area contributed by atoms with Crippen LogP contribution in [0.2, 0.25) is 0 Å². The highest BCUT2D eigenvalue weighted by atomic mass is 16.5. The molecule has 0 aliphatic heterocycles. The molecule has 4 heteroatoms. The van der Waals surface area contributed by atoms with E-state index in [-0.39, 0.29) is 23.7 Å². The number of ether oxygens (including phenoxy) is 2. The summed E-state index contributed by atoms with van der Waals surface area (Å²) >= 11 is 0. The molecule has 0 saturated carbocycles. The molecule has 4 nitrogen and oxygen atoms in total. The van der Waals surface area contributed by atoms with Crippen LogP contribution in [0.5, 0.6) is 0 Å². The lowest BCUT2D eigenvalue weighted by Crippen LogP contribution is -2.42. The van der Waals surface area contributed by atoms with E-state index in [0.29, 0.717) is 13.2 Å². The van der Waals surface area contributed by atoms with Gasteiger partial charge in [-0.05, 0) is 41.5 Å². The van der Waals surface area contributed by atoms with Crippen LogP contribution in [0.1, 0.15) is 41.5 Å². The topological polar surface area (TPSA) is 47.6 Å². The maximum atomic E-state index is 11.4. The fraction of sp³-hybridized carbons (Fsp3) is 0.917. The molecule has 0 aromatic carbocycles. The third-order valence-corrected chi connectivity index (χ3v) is 1.88. The van der Waals surface area contributed by atoms with Crippen molar-refractivity contribution in [2.75, 3.05) is 19.8 Å². The maximum Gasteiger partial charge on any atom is 0.246 e. The quantitative estimate of drug-likeness (QED) is 0.757. The second kappa shape index (κ2) is 6.21. The summed E-state index contributed by atoms with van der Waals surface area (Å²) in [6, 6.07) is 0. The lowest BCUT2D eigenvalue weighted by molar-refractivity contribution is -0.132. The van der Waals surface area contributed by atoms with E-state index < -0.39 is 0 Å². The smallest absolute Gasteiger partial charge is 0.246 e.